The molecule has 2 aliphatic heterocycles. The van der Waals surface area contributed by atoms with Crippen molar-refractivity contribution in [3.8, 4) is 5.75 Å². The van der Waals surface area contributed by atoms with E-state index in [9.17, 15) is 9.18 Å². The van der Waals surface area contributed by atoms with E-state index in [4.69, 9.17) is 4.74 Å². The Morgan fingerprint density at radius 2 is 2.11 bits per heavy atom. The van der Waals surface area contributed by atoms with E-state index in [1.165, 1.54) is 6.07 Å². The van der Waals surface area contributed by atoms with Crippen molar-refractivity contribution in [1.29, 1.82) is 0 Å². The Morgan fingerprint density at radius 3 is 2.84 bits per heavy atom. The van der Waals surface area contributed by atoms with Crippen LogP contribution < -0.4 is 4.74 Å². The molecular weight excluding hydrogens is 245 g/mol. The number of rotatable bonds is 2. The Labute approximate surface area is 112 Å². The number of Topliss-reactive ketones (excluding diaryl/α,β-unsaturated/α-hetero) is 1. The number of hydrogen-bond acceptors (Lipinski definition) is 3. The number of carbonyl (C=O) groups is 1. The maximum Gasteiger partial charge on any atom is 0.168 e. The Hall–Kier alpha value is -1.42. The quantitative estimate of drug-likeness (QED) is 0.767. The van der Waals surface area contributed by atoms with E-state index in [2.05, 4.69) is 4.90 Å². The number of benzene rings is 1. The van der Waals surface area contributed by atoms with Gasteiger partial charge in [0.05, 0.1) is 12.2 Å². The van der Waals surface area contributed by atoms with Crippen LogP contribution in [-0.2, 0) is 6.42 Å². The van der Waals surface area contributed by atoms with Gasteiger partial charge in [-0.25, -0.2) is 4.39 Å². The van der Waals surface area contributed by atoms with Crippen LogP contribution in [0.3, 0.4) is 0 Å². The molecule has 0 aliphatic carbocycles. The highest BCUT2D eigenvalue weighted by molar-refractivity contribution is 5.98. The molecule has 1 fully saturated rings. The molecule has 102 valence electrons. The van der Waals surface area contributed by atoms with Crippen molar-refractivity contribution in [2.75, 3.05) is 26.7 Å². The first-order valence-corrected chi connectivity index (χ1v) is 6.83. The third-order valence-corrected chi connectivity index (χ3v) is 4.13. The zero-order valence-electron chi connectivity index (χ0n) is 11.1. The fourth-order valence-electron chi connectivity index (χ4n) is 2.88. The molecule has 0 N–H and O–H groups in total. The van der Waals surface area contributed by atoms with Gasteiger partial charge in [-0.2, -0.15) is 0 Å². The second-order valence-electron chi connectivity index (χ2n) is 5.48. The average molecular weight is 263 g/mol. The lowest BCUT2D eigenvalue weighted by Crippen LogP contribution is -2.33. The van der Waals surface area contributed by atoms with E-state index in [0.29, 0.717) is 12.4 Å². The first-order valence-electron chi connectivity index (χ1n) is 6.83. The number of likely N-dealkylation sites (tertiary alicyclic amines) is 1. The Bertz CT molecular complexity index is 507. The molecule has 0 amide bonds. The molecule has 3 nitrogen and oxygen atoms in total. The molecule has 0 bridgehead atoms. The first-order chi connectivity index (χ1) is 9.15. The second-order valence-corrected chi connectivity index (χ2v) is 5.48. The van der Waals surface area contributed by atoms with Gasteiger partial charge in [0.2, 0.25) is 0 Å². The fourth-order valence-corrected chi connectivity index (χ4v) is 2.88. The van der Waals surface area contributed by atoms with Crippen LogP contribution in [0.4, 0.5) is 4.39 Å². The Kier molecular flexibility index (Phi) is 3.27. The molecule has 2 aliphatic rings. The van der Waals surface area contributed by atoms with Gasteiger partial charge >= 0.3 is 0 Å². The zero-order chi connectivity index (χ0) is 13.4. The van der Waals surface area contributed by atoms with E-state index in [1.807, 2.05) is 7.05 Å². The molecule has 19 heavy (non-hydrogen) atoms. The van der Waals surface area contributed by atoms with E-state index in [1.54, 1.807) is 6.07 Å². The molecule has 4 heteroatoms. The van der Waals surface area contributed by atoms with Gasteiger partial charge in [-0.1, -0.05) is 0 Å². The molecule has 0 aromatic heterocycles. The molecular formula is C15H18FNO2. The van der Waals surface area contributed by atoms with Crippen LogP contribution in [0.25, 0.3) is 0 Å². The molecule has 0 saturated carbocycles. The standard InChI is InChI=1S/C15H18FNO2/c1-17-5-2-10(3-6-17)15(18)12-8-11-4-7-19-14(11)9-13(12)16/h8-10H,2-7H2,1H3. The maximum absolute atomic E-state index is 14.0. The summed E-state index contributed by atoms with van der Waals surface area (Å²) in [5.41, 5.74) is 1.21. The van der Waals surface area contributed by atoms with E-state index in [-0.39, 0.29) is 17.3 Å². The summed E-state index contributed by atoms with van der Waals surface area (Å²) in [6.45, 7) is 2.40. The summed E-state index contributed by atoms with van der Waals surface area (Å²) in [7, 11) is 2.05. The van der Waals surface area contributed by atoms with Crippen LogP contribution in [-0.4, -0.2) is 37.4 Å². The van der Waals surface area contributed by atoms with Gasteiger partial charge in [0.15, 0.2) is 5.78 Å². The third kappa shape index (κ3) is 2.37. The summed E-state index contributed by atoms with van der Waals surface area (Å²) in [5, 5.41) is 0. The summed E-state index contributed by atoms with van der Waals surface area (Å²) in [6, 6.07) is 3.06. The lowest BCUT2D eigenvalue weighted by molar-refractivity contribution is 0.0852. The summed E-state index contributed by atoms with van der Waals surface area (Å²) < 4.78 is 19.3. The van der Waals surface area contributed by atoms with Gasteiger partial charge < -0.3 is 9.64 Å². The molecule has 0 atom stereocenters. The fraction of sp³-hybridized carbons (Fsp3) is 0.533. The number of fused-ring (bicyclic) bond motifs is 1. The normalized spacial score (nSPS) is 20.1. The van der Waals surface area contributed by atoms with Crippen molar-refractivity contribution in [2.45, 2.75) is 19.3 Å². The minimum absolute atomic E-state index is 0.0360. The molecule has 0 unspecified atom stereocenters. The lowest BCUT2D eigenvalue weighted by atomic mass is 9.88. The average Bonchev–Trinajstić information content (AvgIpc) is 2.85. The number of carbonyl (C=O) groups excluding carboxylic acids is 1. The first kappa shape index (κ1) is 12.6. The molecule has 3 rings (SSSR count). The number of nitrogens with zero attached hydrogens (tertiary/aromatic N) is 1. The SMILES string of the molecule is CN1CCC(C(=O)c2cc3c(cc2F)OCC3)CC1. The van der Waals surface area contributed by atoms with Crippen LogP contribution in [0.5, 0.6) is 5.75 Å². The molecule has 2 heterocycles. The van der Waals surface area contributed by atoms with Crippen molar-refractivity contribution in [1.82, 2.24) is 4.90 Å². The summed E-state index contributed by atoms with van der Waals surface area (Å²) in [6.07, 6.45) is 2.41. The highest BCUT2D eigenvalue weighted by Crippen LogP contribution is 2.30. The molecule has 0 radical (unpaired) electrons. The van der Waals surface area contributed by atoms with Crippen molar-refractivity contribution < 1.29 is 13.9 Å². The second kappa shape index (κ2) is 4.93. The number of piperidine rings is 1. The molecule has 1 aromatic rings. The van der Waals surface area contributed by atoms with Gasteiger partial charge in [-0.3, -0.25) is 4.79 Å². The number of hydrogen-bond donors (Lipinski definition) is 0. The van der Waals surface area contributed by atoms with E-state index >= 15 is 0 Å². The zero-order valence-corrected chi connectivity index (χ0v) is 11.1. The maximum atomic E-state index is 14.0. The Balaban J connectivity index is 1.84. The highest BCUT2D eigenvalue weighted by Gasteiger charge is 2.28. The van der Waals surface area contributed by atoms with Gasteiger partial charge in [0.25, 0.3) is 0 Å². The minimum atomic E-state index is -0.440. The van der Waals surface area contributed by atoms with Crippen molar-refractivity contribution in [3.05, 3.63) is 29.1 Å². The largest absolute Gasteiger partial charge is 0.493 e. The van der Waals surface area contributed by atoms with Crippen LogP contribution in [0, 0.1) is 11.7 Å². The molecule has 0 spiro atoms. The molecule has 1 saturated heterocycles. The summed E-state index contributed by atoms with van der Waals surface area (Å²) in [4.78, 5) is 14.6. The van der Waals surface area contributed by atoms with E-state index < -0.39 is 5.82 Å². The predicted molar refractivity (Wildman–Crippen MR) is 70.2 cm³/mol. The highest BCUT2D eigenvalue weighted by atomic mass is 19.1. The van der Waals surface area contributed by atoms with Gasteiger partial charge in [0, 0.05) is 18.4 Å². The van der Waals surface area contributed by atoms with Gasteiger partial charge in [-0.05, 0) is 44.6 Å². The van der Waals surface area contributed by atoms with Gasteiger partial charge in [0.1, 0.15) is 11.6 Å². The smallest absolute Gasteiger partial charge is 0.168 e. The number of ether oxygens (including phenoxy) is 1. The number of halogens is 1. The predicted octanol–water partition coefficient (Wildman–Crippen LogP) is 2.29. The third-order valence-electron chi connectivity index (χ3n) is 4.13. The van der Waals surface area contributed by atoms with Crippen molar-refractivity contribution in [3.63, 3.8) is 0 Å². The van der Waals surface area contributed by atoms with E-state index in [0.717, 1.165) is 37.9 Å². The van der Waals surface area contributed by atoms with Crippen LogP contribution in [0.15, 0.2) is 12.1 Å². The van der Waals surface area contributed by atoms with Crippen molar-refractivity contribution in [2.24, 2.45) is 5.92 Å². The minimum Gasteiger partial charge on any atom is -0.493 e. The van der Waals surface area contributed by atoms with Crippen LogP contribution in [0.2, 0.25) is 0 Å². The lowest BCUT2D eigenvalue weighted by Gasteiger charge is -2.28. The van der Waals surface area contributed by atoms with Crippen LogP contribution in [0.1, 0.15) is 28.8 Å². The summed E-state index contributed by atoms with van der Waals surface area (Å²) in [5.74, 6) is 0.0772. The van der Waals surface area contributed by atoms with Gasteiger partial charge in [-0.15, -0.1) is 0 Å². The van der Waals surface area contributed by atoms with Crippen LogP contribution >= 0.6 is 0 Å². The monoisotopic (exact) mass is 263 g/mol. The Morgan fingerprint density at radius 1 is 1.37 bits per heavy atom. The molecule has 1 aromatic carbocycles. The number of ketones is 1. The van der Waals surface area contributed by atoms with Crippen molar-refractivity contribution >= 4 is 5.78 Å². The summed E-state index contributed by atoms with van der Waals surface area (Å²) >= 11 is 0. The topological polar surface area (TPSA) is 29.5 Å².